The quantitative estimate of drug-likeness (QED) is 0.467. The summed E-state index contributed by atoms with van der Waals surface area (Å²) >= 11 is 2.38. The van der Waals surface area contributed by atoms with Crippen molar-refractivity contribution in [2.75, 3.05) is 0 Å². The van der Waals surface area contributed by atoms with Crippen LogP contribution in [-0.2, 0) is 0 Å². The first-order valence-electron chi connectivity index (χ1n) is 5.12. The predicted octanol–water partition coefficient (Wildman–Crippen LogP) is 3.17. The molecule has 1 saturated carbocycles. The van der Waals surface area contributed by atoms with Gasteiger partial charge in [0.25, 0.3) is 0 Å². The lowest BCUT2D eigenvalue weighted by molar-refractivity contribution is 0.593. The van der Waals surface area contributed by atoms with Crippen molar-refractivity contribution >= 4 is 22.6 Å². The summed E-state index contributed by atoms with van der Waals surface area (Å²) in [5.41, 5.74) is 5.93. The van der Waals surface area contributed by atoms with Crippen LogP contribution in [0.25, 0.3) is 0 Å². The van der Waals surface area contributed by atoms with E-state index >= 15 is 0 Å². The van der Waals surface area contributed by atoms with Crippen LogP contribution in [0, 0.1) is 17.8 Å². The highest BCUT2D eigenvalue weighted by atomic mass is 127. The number of nitrogens with two attached hydrogens (primary N) is 1. The molecule has 72 valence electrons. The minimum Gasteiger partial charge on any atom is -0.319 e. The van der Waals surface area contributed by atoms with Crippen molar-refractivity contribution in [1.82, 2.24) is 0 Å². The molecule has 0 aromatic heterocycles. The highest BCUT2D eigenvalue weighted by Gasteiger charge is 2.50. The Balaban J connectivity index is 2.32. The van der Waals surface area contributed by atoms with E-state index in [1.807, 2.05) is 0 Å². The highest BCUT2D eigenvalue weighted by molar-refractivity contribution is 14.1. The van der Waals surface area contributed by atoms with Crippen LogP contribution < -0.4 is 5.73 Å². The van der Waals surface area contributed by atoms with Crippen molar-refractivity contribution in [3.63, 3.8) is 0 Å². The van der Waals surface area contributed by atoms with Crippen molar-refractivity contribution in [3.8, 4) is 0 Å². The molecule has 1 rings (SSSR count). The zero-order valence-corrected chi connectivity index (χ0v) is 10.3. The molecule has 3 atom stereocenters. The minimum atomic E-state index is 0.399. The van der Waals surface area contributed by atoms with Crippen molar-refractivity contribution < 1.29 is 0 Å². The molecule has 2 heteroatoms. The summed E-state index contributed by atoms with van der Waals surface area (Å²) in [4.78, 5) is 0. The van der Waals surface area contributed by atoms with Crippen molar-refractivity contribution in [3.05, 3.63) is 0 Å². The Hall–Kier alpha value is 0.690. The van der Waals surface area contributed by atoms with Crippen LogP contribution in [0.4, 0.5) is 0 Å². The summed E-state index contributed by atoms with van der Waals surface area (Å²) in [7, 11) is 0. The zero-order chi connectivity index (χ0) is 9.14. The topological polar surface area (TPSA) is 26.0 Å². The average molecular weight is 281 g/mol. The van der Waals surface area contributed by atoms with Gasteiger partial charge in [0.2, 0.25) is 0 Å². The molecule has 1 fully saturated rings. The van der Waals surface area contributed by atoms with Gasteiger partial charge >= 0.3 is 0 Å². The minimum absolute atomic E-state index is 0.399. The van der Waals surface area contributed by atoms with E-state index in [0.717, 1.165) is 17.8 Å². The molecule has 0 radical (unpaired) electrons. The van der Waals surface area contributed by atoms with Crippen LogP contribution in [0.2, 0.25) is 0 Å². The van der Waals surface area contributed by atoms with Crippen molar-refractivity contribution in [2.24, 2.45) is 23.5 Å². The van der Waals surface area contributed by atoms with Crippen molar-refractivity contribution in [2.45, 2.75) is 43.6 Å². The van der Waals surface area contributed by atoms with Crippen LogP contribution in [-0.4, -0.2) is 4.05 Å². The fraction of sp³-hybridized carbons (Fsp3) is 1.00. The van der Waals surface area contributed by atoms with Gasteiger partial charge in [-0.1, -0.05) is 62.1 Å². The van der Waals surface area contributed by atoms with Crippen LogP contribution in [0.1, 0.15) is 39.5 Å². The molecule has 3 unspecified atom stereocenters. The first-order valence-corrected chi connectivity index (χ1v) is 6.36. The molecule has 0 amide bonds. The predicted molar refractivity (Wildman–Crippen MR) is 62.3 cm³/mol. The molecule has 0 aromatic rings. The second kappa shape index (κ2) is 4.80. The standard InChI is InChI=1S/C10H20IN/c1-3-5-7-8(6-4-2)9(7)10(11)12/h7-10H,3-6,12H2,1-2H3. The fourth-order valence-corrected chi connectivity index (χ4v) is 3.49. The second-order valence-corrected chi connectivity index (χ2v) is 5.37. The Bertz CT molecular complexity index is 124. The smallest absolute Gasteiger partial charge is 0.0602 e. The van der Waals surface area contributed by atoms with E-state index in [2.05, 4.69) is 36.4 Å². The van der Waals surface area contributed by atoms with Gasteiger partial charge in [-0.05, 0) is 17.8 Å². The van der Waals surface area contributed by atoms with Gasteiger partial charge in [0.05, 0.1) is 4.05 Å². The summed E-state index contributed by atoms with van der Waals surface area (Å²) in [6.45, 7) is 4.55. The highest BCUT2D eigenvalue weighted by Crippen LogP contribution is 2.54. The van der Waals surface area contributed by atoms with E-state index < -0.39 is 0 Å². The van der Waals surface area contributed by atoms with Gasteiger partial charge in [-0.2, -0.15) is 0 Å². The lowest BCUT2D eigenvalue weighted by atomic mass is 10.1. The van der Waals surface area contributed by atoms with Gasteiger partial charge in [0.1, 0.15) is 0 Å². The molecule has 12 heavy (non-hydrogen) atoms. The monoisotopic (exact) mass is 281 g/mol. The van der Waals surface area contributed by atoms with Crippen LogP contribution in [0.3, 0.4) is 0 Å². The maximum Gasteiger partial charge on any atom is 0.0602 e. The number of hydrogen-bond acceptors (Lipinski definition) is 1. The van der Waals surface area contributed by atoms with E-state index in [1.54, 1.807) is 0 Å². The Kier molecular flexibility index (Phi) is 4.30. The first kappa shape index (κ1) is 10.8. The van der Waals surface area contributed by atoms with Gasteiger partial charge in [0, 0.05) is 0 Å². The maximum absolute atomic E-state index is 5.93. The largest absolute Gasteiger partial charge is 0.319 e. The molecular weight excluding hydrogens is 261 g/mol. The zero-order valence-electron chi connectivity index (χ0n) is 8.09. The first-order chi connectivity index (χ1) is 5.72. The normalized spacial score (nSPS) is 36.5. The van der Waals surface area contributed by atoms with E-state index in [9.17, 15) is 0 Å². The van der Waals surface area contributed by atoms with Gasteiger partial charge in [-0.15, -0.1) is 0 Å². The van der Waals surface area contributed by atoms with Crippen LogP contribution in [0.5, 0.6) is 0 Å². The van der Waals surface area contributed by atoms with E-state index in [1.165, 1.54) is 25.7 Å². The third kappa shape index (κ3) is 2.34. The van der Waals surface area contributed by atoms with Gasteiger partial charge < -0.3 is 5.73 Å². The van der Waals surface area contributed by atoms with Gasteiger partial charge in [0.15, 0.2) is 0 Å². The Morgan fingerprint density at radius 3 is 1.83 bits per heavy atom. The molecule has 1 aliphatic rings. The average Bonchev–Trinajstić information content (AvgIpc) is 2.65. The summed E-state index contributed by atoms with van der Waals surface area (Å²) in [5.74, 6) is 2.76. The molecule has 0 spiro atoms. The Morgan fingerprint density at radius 1 is 1.17 bits per heavy atom. The number of halogens is 1. The lowest BCUT2D eigenvalue weighted by Crippen LogP contribution is -2.15. The van der Waals surface area contributed by atoms with Gasteiger partial charge in [-0.3, -0.25) is 0 Å². The number of hydrogen-bond donors (Lipinski definition) is 1. The fourth-order valence-electron chi connectivity index (χ4n) is 2.43. The van der Waals surface area contributed by atoms with Crippen molar-refractivity contribution in [1.29, 1.82) is 0 Å². The third-order valence-corrected chi connectivity index (χ3v) is 3.84. The molecule has 0 aliphatic heterocycles. The maximum atomic E-state index is 5.93. The summed E-state index contributed by atoms with van der Waals surface area (Å²) in [5, 5.41) is 0. The summed E-state index contributed by atoms with van der Waals surface area (Å²) in [6, 6.07) is 0. The third-order valence-electron chi connectivity index (χ3n) is 3.01. The number of rotatable bonds is 5. The van der Waals surface area contributed by atoms with Crippen LogP contribution in [0.15, 0.2) is 0 Å². The number of alkyl halides is 1. The Morgan fingerprint density at radius 2 is 1.58 bits per heavy atom. The summed E-state index contributed by atoms with van der Waals surface area (Å²) in [6.07, 6.45) is 5.44. The SMILES string of the molecule is CCCC1C(CCC)C1C(N)I. The Labute approximate surface area is 89.6 Å². The van der Waals surface area contributed by atoms with E-state index in [0.29, 0.717) is 4.05 Å². The summed E-state index contributed by atoms with van der Waals surface area (Å²) < 4.78 is 0.399. The molecule has 1 nitrogen and oxygen atoms in total. The molecule has 0 bridgehead atoms. The van der Waals surface area contributed by atoms with Crippen LogP contribution >= 0.6 is 22.6 Å². The molecule has 0 heterocycles. The molecule has 2 N–H and O–H groups in total. The second-order valence-electron chi connectivity index (χ2n) is 3.93. The lowest BCUT2D eigenvalue weighted by Gasteiger charge is -2.00. The molecule has 0 saturated heterocycles. The molecule has 0 aromatic carbocycles. The van der Waals surface area contributed by atoms with Gasteiger partial charge in [-0.25, -0.2) is 0 Å². The van der Waals surface area contributed by atoms with E-state index in [-0.39, 0.29) is 0 Å². The van der Waals surface area contributed by atoms with E-state index in [4.69, 9.17) is 5.73 Å². The molecular formula is C10H20IN. The molecule has 1 aliphatic carbocycles.